The van der Waals surface area contributed by atoms with Gasteiger partial charge in [-0.1, -0.05) is 27.3 Å². The van der Waals surface area contributed by atoms with Crippen molar-refractivity contribution in [2.24, 2.45) is 0 Å². The van der Waals surface area contributed by atoms with Gasteiger partial charge in [0.25, 0.3) is 0 Å². The molecule has 0 aliphatic carbocycles. The van der Waals surface area contributed by atoms with Crippen LogP contribution < -0.4 is 4.90 Å². The first-order valence-electron chi connectivity index (χ1n) is 5.64. The molecule has 2 aromatic rings. The fourth-order valence-electron chi connectivity index (χ4n) is 2.05. The first-order chi connectivity index (χ1) is 9.34. The van der Waals surface area contributed by atoms with E-state index in [0.717, 1.165) is 9.17 Å². The highest BCUT2D eigenvalue weighted by molar-refractivity contribution is 9.10. The van der Waals surface area contributed by atoms with Crippen molar-refractivity contribution in [3.05, 3.63) is 22.7 Å². The Kier molecular flexibility index (Phi) is 3.30. The lowest BCUT2D eigenvalue weighted by atomic mass is 10.3. The van der Waals surface area contributed by atoms with Crippen LogP contribution in [0.3, 0.4) is 0 Å². The zero-order valence-electron chi connectivity index (χ0n) is 9.92. The van der Waals surface area contributed by atoms with E-state index in [0.29, 0.717) is 10.6 Å². The minimum absolute atomic E-state index is 0.182. The summed E-state index contributed by atoms with van der Waals surface area (Å²) in [5.74, 6) is -0.422. The topological polar surface area (TPSA) is 67.3 Å². The largest absolute Gasteiger partial charge is 0.307 e. The van der Waals surface area contributed by atoms with Crippen molar-refractivity contribution >= 4 is 58.7 Å². The van der Waals surface area contributed by atoms with Gasteiger partial charge in [0.1, 0.15) is 5.25 Å². The highest BCUT2D eigenvalue weighted by Crippen LogP contribution is 2.34. The molecule has 1 fully saturated rings. The molecule has 0 radical (unpaired) electrons. The predicted molar refractivity (Wildman–Crippen MR) is 78.1 cm³/mol. The molecule has 1 saturated heterocycles. The van der Waals surface area contributed by atoms with Crippen molar-refractivity contribution in [2.75, 3.05) is 11.4 Å². The maximum absolute atomic E-state index is 13.0. The summed E-state index contributed by atoms with van der Waals surface area (Å²) in [5, 5.41) is -0.900. The quantitative estimate of drug-likeness (QED) is 0.752. The SMILES string of the molecule is O=C1CC(S(=O)(=O)F)CN1c1nc2ccc(Br)cc2s1. The van der Waals surface area contributed by atoms with Gasteiger partial charge in [0, 0.05) is 17.4 Å². The van der Waals surface area contributed by atoms with Crippen LogP contribution in [0.5, 0.6) is 0 Å². The second-order valence-corrected chi connectivity index (χ2v) is 7.96. The summed E-state index contributed by atoms with van der Waals surface area (Å²) in [7, 11) is -4.71. The third-order valence-corrected chi connectivity index (χ3v) is 5.70. The summed E-state index contributed by atoms with van der Waals surface area (Å²) in [6, 6.07) is 5.48. The van der Waals surface area contributed by atoms with Crippen LogP contribution in [0.15, 0.2) is 22.7 Å². The molecule has 1 unspecified atom stereocenters. The molecule has 1 amide bonds. The Hall–Kier alpha value is -1.06. The number of rotatable bonds is 2. The van der Waals surface area contributed by atoms with Crippen molar-refractivity contribution in [3.63, 3.8) is 0 Å². The van der Waals surface area contributed by atoms with Crippen LogP contribution in [-0.4, -0.2) is 31.1 Å². The zero-order chi connectivity index (χ0) is 14.5. The number of anilines is 1. The smallest absolute Gasteiger partial charge is 0.287 e. The van der Waals surface area contributed by atoms with E-state index < -0.39 is 21.4 Å². The number of fused-ring (bicyclic) bond motifs is 1. The summed E-state index contributed by atoms with van der Waals surface area (Å²) in [4.78, 5) is 17.4. The molecule has 0 spiro atoms. The molecule has 1 atom stereocenters. The average Bonchev–Trinajstić information content (AvgIpc) is 2.90. The number of aromatic nitrogens is 1. The molecule has 1 aliphatic heterocycles. The van der Waals surface area contributed by atoms with E-state index in [2.05, 4.69) is 20.9 Å². The van der Waals surface area contributed by atoms with Crippen LogP contribution >= 0.6 is 27.3 Å². The van der Waals surface area contributed by atoms with Crippen molar-refractivity contribution < 1.29 is 17.1 Å². The Morgan fingerprint density at radius 1 is 1.45 bits per heavy atom. The monoisotopic (exact) mass is 378 g/mol. The van der Waals surface area contributed by atoms with Gasteiger partial charge in [0.2, 0.25) is 5.91 Å². The average molecular weight is 379 g/mol. The second kappa shape index (κ2) is 4.74. The third kappa shape index (κ3) is 2.45. The lowest BCUT2D eigenvalue weighted by Crippen LogP contribution is -2.26. The normalized spacial score (nSPS) is 20.0. The van der Waals surface area contributed by atoms with Crippen molar-refractivity contribution in [1.82, 2.24) is 4.98 Å². The molecule has 9 heteroatoms. The maximum atomic E-state index is 13.0. The Morgan fingerprint density at radius 3 is 2.85 bits per heavy atom. The number of halogens is 2. The molecule has 0 bridgehead atoms. The standard InChI is InChI=1S/C11H8BrFN2O3S2/c12-6-1-2-8-9(3-6)19-11(14-8)15-5-7(4-10(15)16)20(13,17)18/h1-3,7H,4-5H2. The van der Waals surface area contributed by atoms with Crippen LogP contribution in [0, 0.1) is 0 Å². The Morgan fingerprint density at radius 2 is 2.20 bits per heavy atom. The molecule has 0 N–H and O–H groups in total. The van der Waals surface area contributed by atoms with Gasteiger partial charge in [-0.05, 0) is 18.2 Å². The summed E-state index contributed by atoms with van der Waals surface area (Å²) >= 11 is 4.61. The van der Waals surface area contributed by atoms with E-state index in [1.807, 2.05) is 12.1 Å². The maximum Gasteiger partial charge on any atom is 0.307 e. The number of hydrogen-bond donors (Lipinski definition) is 0. The molecule has 20 heavy (non-hydrogen) atoms. The Balaban J connectivity index is 1.97. The van der Waals surface area contributed by atoms with Crippen LogP contribution in [0.1, 0.15) is 6.42 Å². The van der Waals surface area contributed by atoms with Crippen LogP contribution in [0.25, 0.3) is 10.2 Å². The molecule has 1 aromatic carbocycles. The van der Waals surface area contributed by atoms with E-state index in [9.17, 15) is 17.1 Å². The van der Waals surface area contributed by atoms with E-state index in [4.69, 9.17) is 0 Å². The fourth-order valence-corrected chi connectivity index (χ4v) is 4.26. The van der Waals surface area contributed by atoms with Gasteiger partial charge in [-0.2, -0.15) is 8.42 Å². The number of nitrogens with zero attached hydrogens (tertiary/aromatic N) is 2. The van der Waals surface area contributed by atoms with E-state index in [1.54, 1.807) is 6.07 Å². The van der Waals surface area contributed by atoms with Gasteiger partial charge in [-0.3, -0.25) is 9.69 Å². The van der Waals surface area contributed by atoms with Crippen LogP contribution in [-0.2, 0) is 15.0 Å². The van der Waals surface area contributed by atoms with Gasteiger partial charge in [0.15, 0.2) is 5.13 Å². The van der Waals surface area contributed by atoms with Gasteiger partial charge >= 0.3 is 10.2 Å². The molecular weight excluding hydrogens is 371 g/mol. The summed E-state index contributed by atoms with van der Waals surface area (Å²) in [6.45, 7) is -0.182. The number of carbonyl (C=O) groups excluding carboxylic acids is 1. The number of hydrogen-bond acceptors (Lipinski definition) is 5. The van der Waals surface area contributed by atoms with Crippen LogP contribution in [0.4, 0.5) is 9.02 Å². The van der Waals surface area contributed by atoms with Crippen molar-refractivity contribution in [1.29, 1.82) is 0 Å². The van der Waals surface area contributed by atoms with Crippen molar-refractivity contribution in [2.45, 2.75) is 11.7 Å². The van der Waals surface area contributed by atoms with Gasteiger partial charge in [-0.15, -0.1) is 3.89 Å². The Labute approximate surface area is 126 Å². The highest BCUT2D eigenvalue weighted by atomic mass is 79.9. The molecule has 1 aliphatic rings. The minimum Gasteiger partial charge on any atom is -0.287 e. The van der Waals surface area contributed by atoms with Gasteiger partial charge in [-0.25, -0.2) is 4.98 Å². The molecule has 2 heterocycles. The summed E-state index contributed by atoms with van der Waals surface area (Å²) in [5.41, 5.74) is 0.715. The number of amides is 1. The predicted octanol–water partition coefficient (Wildman–Crippen LogP) is 2.46. The molecular formula is C11H8BrFN2O3S2. The van der Waals surface area contributed by atoms with Gasteiger partial charge < -0.3 is 0 Å². The molecule has 3 rings (SSSR count). The van der Waals surface area contributed by atoms with Gasteiger partial charge in [0.05, 0.1) is 10.2 Å². The zero-order valence-corrected chi connectivity index (χ0v) is 13.1. The minimum atomic E-state index is -4.71. The van der Waals surface area contributed by atoms with E-state index in [1.165, 1.54) is 16.2 Å². The molecule has 1 aromatic heterocycles. The van der Waals surface area contributed by atoms with Crippen LogP contribution in [0.2, 0.25) is 0 Å². The van der Waals surface area contributed by atoms with E-state index in [-0.39, 0.29) is 13.0 Å². The third-order valence-electron chi connectivity index (χ3n) is 3.06. The molecule has 106 valence electrons. The molecule has 0 saturated carbocycles. The highest BCUT2D eigenvalue weighted by Gasteiger charge is 2.40. The fraction of sp³-hybridized carbons (Fsp3) is 0.273. The number of carbonyl (C=O) groups is 1. The summed E-state index contributed by atoms with van der Waals surface area (Å²) in [6.07, 6.45) is -0.335. The lowest BCUT2D eigenvalue weighted by molar-refractivity contribution is -0.117. The molecule has 5 nitrogen and oxygen atoms in total. The van der Waals surface area contributed by atoms with Crippen molar-refractivity contribution in [3.8, 4) is 0 Å². The van der Waals surface area contributed by atoms with E-state index >= 15 is 0 Å². The second-order valence-electron chi connectivity index (χ2n) is 4.41. The number of thiazole rings is 1. The first-order valence-corrected chi connectivity index (χ1v) is 8.70. The Bertz CT molecular complexity index is 805. The first kappa shape index (κ1) is 13.9. The summed E-state index contributed by atoms with van der Waals surface area (Å²) < 4.78 is 36.5. The number of benzene rings is 1. The lowest BCUT2D eigenvalue weighted by Gasteiger charge is -2.11.